The Balaban J connectivity index is 1.79. The molecule has 0 aliphatic heterocycles. The van der Waals surface area contributed by atoms with Gasteiger partial charge in [-0.2, -0.15) is 5.26 Å². The van der Waals surface area contributed by atoms with E-state index in [4.69, 9.17) is 5.26 Å². The van der Waals surface area contributed by atoms with Gasteiger partial charge < -0.3 is 0 Å². The molecule has 0 spiro atoms. The van der Waals surface area contributed by atoms with Crippen LogP contribution in [-0.2, 0) is 0 Å². The molecule has 0 aromatic carbocycles. The van der Waals surface area contributed by atoms with E-state index < -0.39 is 0 Å². The molecule has 6 atom stereocenters. The van der Waals surface area contributed by atoms with Crippen LogP contribution in [0.3, 0.4) is 0 Å². The van der Waals surface area contributed by atoms with Gasteiger partial charge in [0.05, 0.1) is 6.07 Å². The van der Waals surface area contributed by atoms with Crippen molar-refractivity contribution in [1.82, 2.24) is 0 Å². The van der Waals surface area contributed by atoms with Gasteiger partial charge in [0.15, 0.2) is 0 Å². The number of hydrogen-bond acceptors (Lipinski definition) is 1. The third kappa shape index (κ3) is 1.00. The van der Waals surface area contributed by atoms with Crippen molar-refractivity contribution >= 4 is 0 Å². The predicted octanol–water partition coefficient (Wildman–Crippen LogP) is 3.22. The fraction of sp³-hybridized carbons (Fsp3) is 0.923. The van der Waals surface area contributed by atoms with Gasteiger partial charge in [-0.15, -0.1) is 0 Å². The van der Waals surface area contributed by atoms with Crippen LogP contribution in [0.5, 0.6) is 0 Å². The molecule has 0 N–H and O–H groups in total. The molecule has 0 radical (unpaired) electrons. The average molecular weight is 189 g/mol. The summed E-state index contributed by atoms with van der Waals surface area (Å²) in [6, 6.07) is 2.49. The van der Waals surface area contributed by atoms with E-state index in [1.54, 1.807) is 0 Å². The Morgan fingerprint density at radius 2 is 1.86 bits per heavy atom. The SMILES string of the molecule is CCC1CC2CC1C1CC(C#N)CC21. The highest BCUT2D eigenvalue weighted by molar-refractivity contribution is 5.07. The summed E-state index contributed by atoms with van der Waals surface area (Å²) in [7, 11) is 0. The molecule has 0 aromatic rings. The Hall–Kier alpha value is -0.510. The summed E-state index contributed by atoms with van der Waals surface area (Å²) in [5.41, 5.74) is 0. The molecule has 0 aromatic heterocycles. The number of nitriles is 1. The van der Waals surface area contributed by atoms with Crippen LogP contribution >= 0.6 is 0 Å². The van der Waals surface area contributed by atoms with Crippen LogP contribution in [0.1, 0.15) is 39.0 Å². The molecule has 3 saturated carbocycles. The Bertz CT molecular complexity index is 275. The van der Waals surface area contributed by atoms with E-state index >= 15 is 0 Å². The third-order valence-corrected chi connectivity index (χ3v) is 5.31. The van der Waals surface area contributed by atoms with Crippen molar-refractivity contribution in [1.29, 1.82) is 5.26 Å². The topological polar surface area (TPSA) is 23.8 Å². The van der Waals surface area contributed by atoms with E-state index in [0.29, 0.717) is 5.92 Å². The Morgan fingerprint density at radius 3 is 2.57 bits per heavy atom. The Morgan fingerprint density at radius 1 is 1.07 bits per heavy atom. The lowest BCUT2D eigenvalue weighted by Crippen LogP contribution is -2.23. The molecule has 3 aliphatic carbocycles. The molecule has 1 heteroatoms. The van der Waals surface area contributed by atoms with Crippen LogP contribution in [0.2, 0.25) is 0 Å². The second-order valence-electron chi connectivity index (χ2n) is 5.69. The maximum absolute atomic E-state index is 8.99. The third-order valence-electron chi connectivity index (χ3n) is 5.31. The van der Waals surface area contributed by atoms with E-state index in [2.05, 4.69) is 13.0 Å². The highest BCUT2D eigenvalue weighted by atomic mass is 14.6. The lowest BCUT2D eigenvalue weighted by molar-refractivity contribution is 0.185. The highest BCUT2D eigenvalue weighted by Crippen LogP contribution is 2.62. The highest BCUT2D eigenvalue weighted by Gasteiger charge is 2.55. The number of nitrogens with zero attached hydrogens (tertiary/aromatic N) is 1. The lowest BCUT2D eigenvalue weighted by atomic mass is 9.75. The molecular formula is C13H19N. The minimum atomic E-state index is 0.408. The molecule has 0 heterocycles. The molecule has 0 saturated heterocycles. The van der Waals surface area contributed by atoms with Crippen LogP contribution in [0, 0.1) is 46.8 Å². The van der Waals surface area contributed by atoms with Gasteiger partial charge in [-0.1, -0.05) is 13.3 Å². The zero-order valence-electron chi connectivity index (χ0n) is 8.95. The fourth-order valence-electron chi connectivity index (χ4n) is 4.79. The molecule has 3 rings (SSSR count). The molecular weight excluding hydrogens is 170 g/mol. The molecule has 2 bridgehead atoms. The number of rotatable bonds is 1. The first kappa shape index (κ1) is 8.77. The lowest BCUT2D eigenvalue weighted by Gasteiger charge is -2.30. The largest absolute Gasteiger partial charge is 0.198 e. The Labute approximate surface area is 86.5 Å². The van der Waals surface area contributed by atoms with Crippen LogP contribution < -0.4 is 0 Å². The van der Waals surface area contributed by atoms with Crippen molar-refractivity contribution in [2.45, 2.75) is 39.0 Å². The van der Waals surface area contributed by atoms with Gasteiger partial charge in [0.25, 0.3) is 0 Å². The van der Waals surface area contributed by atoms with Crippen LogP contribution in [0.4, 0.5) is 0 Å². The first-order valence-electron chi connectivity index (χ1n) is 6.23. The Kier molecular flexibility index (Phi) is 1.87. The quantitative estimate of drug-likeness (QED) is 0.621. The summed E-state index contributed by atoms with van der Waals surface area (Å²) in [6.45, 7) is 2.34. The molecule has 6 unspecified atom stereocenters. The zero-order chi connectivity index (χ0) is 9.71. The molecule has 0 amide bonds. The zero-order valence-corrected chi connectivity index (χ0v) is 8.95. The van der Waals surface area contributed by atoms with Gasteiger partial charge in [0.1, 0.15) is 0 Å². The predicted molar refractivity (Wildman–Crippen MR) is 55.3 cm³/mol. The van der Waals surface area contributed by atoms with Crippen molar-refractivity contribution in [3.8, 4) is 6.07 Å². The second kappa shape index (κ2) is 2.99. The van der Waals surface area contributed by atoms with E-state index in [0.717, 1.165) is 29.6 Å². The summed E-state index contributed by atoms with van der Waals surface area (Å²) in [5.74, 6) is 5.34. The maximum atomic E-state index is 8.99. The van der Waals surface area contributed by atoms with Gasteiger partial charge in [0.2, 0.25) is 0 Å². The van der Waals surface area contributed by atoms with Crippen LogP contribution in [0.25, 0.3) is 0 Å². The summed E-state index contributed by atoms with van der Waals surface area (Å²) < 4.78 is 0. The first-order valence-corrected chi connectivity index (χ1v) is 6.23. The minimum absolute atomic E-state index is 0.408. The van der Waals surface area contributed by atoms with Crippen molar-refractivity contribution in [3.63, 3.8) is 0 Å². The summed E-state index contributed by atoms with van der Waals surface area (Å²) in [4.78, 5) is 0. The molecule has 14 heavy (non-hydrogen) atoms. The van der Waals surface area contributed by atoms with Gasteiger partial charge in [-0.3, -0.25) is 0 Å². The van der Waals surface area contributed by atoms with Gasteiger partial charge in [-0.25, -0.2) is 0 Å². The smallest absolute Gasteiger partial charge is 0.0656 e. The molecule has 3 fully saturated rings. The summed E-state index contributed by atoms with van der Waals surface area (Å²) in [5, 5.41) is 8.99. The summed E-state index contributed by atoms with van der Waals surface area (Å²) in [6.07, 6.45) is 6.84. The maximum Gasteiger partial charge on any atom is 0.0656 e. The fourth-order valence-corrected chi connectivity index (χ4v) is 4.79. The number of fused-ring (bicyclic) bond motifs is 5. The van der Waals surface area contributed by atoms with Gasteiger partial charge in [-0.05, 0) is 55.3 Å². The van der Waals surface area contributed by atoms with Crippen molar-refractivity contribution < 1.29 is 0 Å². The van der Waals surface area contributed by atoms with E-state index in [1.165, 1.54) is 32.1 Å². The summed E-state index contributed by atoms with van der Waals surface area (Å²) >= 11 is 0. The van der Waals surface area contributed by atoms with E-state index in [9.17, 15) is 0 Å². The number of hydrogen-bond donors (Lipinski definition) is 0. The monoisotopic (exact) mass is 189 g/mol. The molecule has 3 aliphatic rings. The molecule has 76 valence electrons. The second-order valence-corrected chi connectivity index (χ2v) is 5.69. The van der Waals surface area contributed by atoms with E-state index in [1.807, 2.05) is 0 Å². The first-order chi connectivity index (χ1) is 6.83. The van der Waals surface area contributed by atoms with Crippen molar-refractivity contribution in [2.24, 2.45) is 35.5 Å². The normalized spacial score (nSPS) is 54.6. The molecule has 1 nitrogen and oxygen atoms in total. The van der Waals surface area contributed by atoms with Crippen LogP contribution in [0.15, 0.2) is 0 Å². The van der Waals surface area contributed by atoms with Crippen molar-refractivity contribution in [3.05, 3.63) is 0 Å². The van der Waals surface area contributed by atoms with E-state index in [-0.39, 0.29) is 0 Å². The van der Waals surface area contributed by atoms with Crippen molar-refractivity contribution in [2.75, 3.05) is 0 Å². The van der Waals surface area contributed by atoms with Gasteiger partial charge >= 0.3 is 0 Å². The minimum Gasteiger partial charge on any atom is -0.198 e. The standard InChI is InChI=1S/C13H19N/c1-2-9-5-10-6-12(9)13-4-8(7-14)3-11(10)13/h8-13H,2-6H2,1H3. The average Bonchev–Trinajstić information content (AvgIpc) is 2.87. The van der Waals surface area contributed by atoms with Gasteiger partial charge in [0, 0.05) is 5.92 Å². The van der Waals surface area contributed by atoms with Crippen LogP contribution in [-0.4, -0.2) is 0 Å².